The number of nitrogens with two attached hydrogens (primary N) is 1. The fourth-order valence-corrected chi connectivity index (χ4v) is 2.70. The fourth-order valence-electron chi connectivity index (χ4n) is 2.70. The van der Waals surface area contributed by atoms with Gasteiger partial charge in [-0.2, -0.15) is 10.2 Å². The number of anilines is 1. The van der Waals surface area contributed by atoms with E-state index in [0.717, 1.165) is 0 Å². The molecular formula is C17H13F3N4O3. The molecule has 27 heavy (non-hydrogen) atoms. The van der Waals surface area contributed by atoms with Gasteiger partial charge in [-0.1, -0.05) is 12.1 Å². The molecule has 1 aromatic carbocycles. The number of aromatic nitrogens is 2. The Hall–Kier alpha value is -3.35. The number of hydrogen-bond acceptors (Lipinski definition) is 7. The van der Waals surface area contributed by atoms with E-state index in [9.17, 15) is 18.1 Å². The number of halogens is 3. The van der Waals surface area contributed by atoms with Crippen molar-refractivity contribution < 1.29 is 27.8 Å². The molecule has 140 valence electrons. The number of hydrogen-bond donors (Lipinski definition) is 1. The summed E-state index contributed by atoms with van der Waals surface area (Å²) >= 11 is 0. The van der Waals surface area contributed by atoms with Crippen molar-refractivity contribution in [3.63, 3.8) is 0 Å². The first kappa shape index (κ1) is 18.4. The van der Waals surface area contributed by atoms with Gasteiger partial charge in [0, 0.05) is 16.0 Å². The van der Waals surface area contributed by atoms with E-state index in [0.29, 0.717) is 11.1 Å². The van der Waals surface area contributed by atoms with Crippen LogP contribution in [0.1, 0.15) is 28.8 Å². The van der Waals surface area contributed by atoms with Gasteiger partial charge in [-0.25, -0.2) is 23.5 Å². The smallest absolute Gasteiger partial charge is 0.388 e. The molecule has 1 saturated carbocycles. The average molecular weight is 378 g/mol. The summed E-state index contributed by atoms with van der Waals surface area (Å²) < 4.78 is 43.1. The molecule has 1 heterocycles. The highest BCUT2D eigenvalue weighted by molar-refractivity contribution is 5.96. The van der Waals surface area contributed by atoms with Crippen molar-refractivity contribution in [2.45, 2.75) is 25.4 Å². The van der Waals surface area contributed by atoms with Gasteiger partial charge in [0.15, 0.2) is 11.4 Å². The fraction of sp³-hybridized carbons (Fsp3) is 0.294. The second-order valence-electron chi connectivity index (χ2n) is 5.98. The summed E-state index contributed by atoms with van der Waals surface area (Å²) in [6.07, 6.45) is -2.97. The van der Waals surface area contributed by atoms with Crippen LogP contribution in [0.15, 0.2) is 24.3 Å². The van der Waals surface area contributed by atoms with Crippen LogP contribution in [0.4, 0.5) is 19.1 Å². The highest BCUT2D eigenvalue weighted by Gasteiger charge is 2.38. The highest BCUT2D eigenvalue weighted by atomic mass is 19.3. The van der Waals surface area contributed by atoms with E-state index in [1.807, 2.05) is 6.07 Å². The third-order valence-electron chi connectivity index (χ3n) is 4.19. The monoisotopic (exact) mass is 378 g/mol. The molecule has 2 N–H and O–H groups in total. The van der Waals surface area contributed by atoms with Gasteiger partial charge in [0.1, 0.15) is 11.9 Å². The van der Waals surface area contributed by atoms with Crippen LogP contribution in [0.2, 0.25) is 0 Å². The zero-order chi connectivity index (χ0) is 19.6. The minimum Gasteiger partial charge on any atom is -0.474 e. The molecule has 0 radical (unpaired) electrons. The number of benzene rings is 1. The number of nitriles is 1. The zero-order valence-electron chi connectivity index (χ0n) is 13.7. The van der Waals surface area contributed by atoms with E-state index in [2.05, 4.69) is 14.9 Å². The average Bonchev–Trinajstić information content (AvgIpc) is 2.63. The Morgan fingerprint density at radius 2 is 2.07 bits per heavy atom. The molecule has 1 fully saturated rings. The second-order valence-corrected chi connectivity index (χ2v) is 5.98. The lowest BCUT2D eigenvalue weighted by atomic mass is 9.82. The third kappa shape index (κ3) is 3.76. The van der Waals surface area contributed by atoms with Gasteiger partial charge >= 0.3 is 5.97 Å². The van der Waals surface area contributed by atoms with Crippen LogP contribution in [0.5, 0.6) is 5.88 Å². The number of carbonyl (C=O) groups is 1. The molecule has 7 nitrogen and oxygen atoms in total. The van der Waals surface area contributed by atoms with Crippen LogP contribution in [-0.4, -0.2) is 28.5 Å². The highest BCUT2D eigenvalue weighted by Crippen LogP contribution is 2.37. The van der Waals surface area contributed by atoms with E-state index in [4.69, 9.17) is 15.7 Å². The quantitative estimate of drug-likeness (QED) is 0.851. The van der Waals surface area contributed by atoms with E-state index in [-0.39, 0.29) is 24.5 Å². The molecule has 0 aliphatic heterocycles. The molecule has 0 bridgehead atoms. The first-order chi connectivity index (χ1) is 12.9. The van der Waals surface area contributed by atoms with Crippen molar-refractivity contribution in [2.75, 3.05) is 5.73 Å². The number of nitrogens with zero attached hydrogens (tertiary/aromatic N) is 3. The topological polar surface area (TPSA) is 111 Å². The van der Waals surface area contributed by atoms with Crippen molar-refractivity contribution in [1.82, 2.24) is 9.97 Å². The van der Waals surface area contributed by atoms with E-state index >= 15 is 0 Å². The van der Waals surface area contributed by atoms with Gasteiger partial charge < -0.3 is 10.5 Å². The van der Waals surface area contributed by atoms with Crippen LogP contribution in [-0.2, 0) is 4.94 Å². The number of ether oxygens (including phenoxy) is 1. The minimum atomic E-state index is -2.47. The molecule has 0 amide bonds. The Morgan fingerprint density at radius 3 is 2.70 bits per heavy atom. The van der Waals surface area contributed by atoms with Gasteiger partial charge in [0.2, 0.25) is 12.3 Å². The first-order valence-electron chi connectivity index (χ1n) is 7.88. The van der Waals surface area contributed by atoms with Gasteiger partial charge in [-0.3, -0.25) is 0 Å². The molecular weight excluding hydrogens is 365 g/mol. The molecule has 0 atom stereocenters. The Labute approximate surface area is 151 Å². The maximum atomic E-state index is 12.6. The number of rotatable bonds is 5. The summed E-state index contributed by atoms with van der Waals surface area (Å²) in [6, 6.07) is 8.21. The lowest BCUT2D eigenvalue weighted by Gasteiger charge is -2.34. The van der Waals surface area contributed by atoms with Crippen molar-refractivity contribution in [2.24, 2.45) is 5.92 Å². The van der Waals surface area contributed by atoms with Gasteiger partial charge in [0.25, 0.3) is 0 Å². The summed E-state index contributed by atoms with van der Waals surface area (Å²) in [4.78, 5) is 22.8. The van der Waals surface area contributed by atoms with E-state index in [1.165, 1.54) is 6.07 Å². The Balaban J connectivity index is 1.97. The van der Waals surface area contributed by atoms with Crippen LogP contribution in [0.25, 0.3) is 11.4 Å². The number of alkyl halides is 2. The maximum absolute atomic E-state index is 12.6. The summed E-state index contributed by atoms with van der Waals surface area (Å²) in [6.45, 7) is 0. The summed E-state index contributed by atoms with van der Waals surface area (Å²) in [5, 5.41) is 8.99. The number of nitrogen functional groups attached to an aromatic ring is 1. The minimum absolute atomic E-state index is 0.0275. The van der Waals surface area contributed by atoms with Crippen LogP contribution in [0.3, 0.4) is 0 Å². The lowest BCUT2D eigenvalue weighted by Crippen LogP contribution is -2.38. The lowest BCUT2D eigenvalue weighted by molar-refractivity contribution is -0.0796. The first-order valence-corrected chi connectivity index (χ1v) is 7.88. The second kappa shape index (κ2) is 7.49. The maximum Gasteiger partial charge on any atom is 0.388 e. The molecule has 1 aliphatic rings. The van der Waals surface area contributed by atoms with Crippen LogP contribution < -0.4 is 10.5 Å². The van der Waals surface area contributed by atoms with Crippen LogP contribution >= 0.6 is 0 Å². The third-order valence-corrected chi connectivity index (χ3v) is 4.19. The van der Waals surface area contributed by atoms with Crippen molar-refractivity contribution in [1.29, 1.82) is 5.26 Å². The molecule has 0 spiro atoms. The van der Waals surface area contributed by atoms with Crippen LogP contribution in [0, 0.1) is 17.2 Å². The Kier molecular flexibility index (Phi) is 5.12. The predicted octanol–water partition coefficient (Wildman–Crippen LogP) is 3.06. The van der Waals surface area contributed by atoms with Gasteiger partial charge in [0.05, 0.1) is 11.6 Å². The Bertz CT molecular complexity index is 911. The molecule has 1 aromatic heterocycles. The molecule has 2 aromatic rings. The van der Waals surface area contributed by atoms with Crippen molar-refractivity contribution >= 4 is 11.8 Å². The van der Waals surface area contributed by atoms with Crippen molar-refractivity contribution in [3.8, 4) is 23.3 Å². The van der Waals surface area contributed by atoms with Gasteiger partial charge in [-0.15, -0.1) is 0 Å². The van der Waals surface area contributed by atoms with E-state index < -0.39 is 35.8 Å². The molecule has 10 heteroatoms. The van der Waals surface area contributed by atoms with Gasteiger partial charge in [-0.05, 0) is 25.0 Å². The molecule has 3 rings (SSSR count). The summed E-state index contributed by atoms with van der Waals surface area (Å²) in [5.41, 5.74) is 5.95. The largest absolute Gasteiger partial charge is 0.474 e. The predicted molar refractivity (Wildman–Crippen MR) is 86.3 cm³/mol. The standard InChI is InChI=1S/C17H13F3N4O3/c18-13(19)10-5-11(6-10)26-16-12(17(25)27-20)14(22)23-15(24-16)9-3-1-2-8(4-9)7-21/h1-4,10-11,13H,5-6H2,(H2,22,23,24). The van der Waals surface area contributed by atoms with Crippen molar-refractivity contribution in [3.05, 3.63) is 35.4 Å². The molecule has 0 saturated heterocycles. The SMILES string of the molecule is N#Cc1cccc(-c2nc(N)c(C(=O)OF)c(OC3CC(C(F)F)C3)n2)c1. The summed E-state index contributed by atoms with van der Waals surface area (Å²) in [5.74, 6) is -2.99. The summed E-state index contributed by atoms with van der Waals surface area (Å²) in [7, 11) is 0. The molecule has 0 unspecified atom stereocenters. The normalized spacial score (nSPS) is 18.5. The number of carbonyl (C=O) groups excluding carboxylic acids is 1. The van der Waals surface area contributed by atoms with E-state index in [1.54, 1.807) is 18.2 Å². The zero-order valence-corrected chi connectivity index (χ0v) is 13.7. The Morgan fingerprint density at radius 1 is 1.33 bits per heavy atom. The molecule has 1 aliphatic carbocycles.